The molecular weight excluding hydrogens is 244 g/mol. The number of hydrogen-bond acceptors (Lipinski definition) is 6. The lowest BCUT2D eigenvalue weighted by atomic mass is 10.2. The summed E-state index contributed by atoms with van der Waals surface area (Å²) in [6, 6.07) is 3.79. The molecule has 0 aliphatic rings. The van der Waals surface area contributed by atoms with Crippen molar-refractivity contribution in [2.75, 3.05) is 25.6 Å². The van der Waals surface area contributed by atoms with Crippen LogP contribution < -0.4 is 4.90 Å². The lowest BCUT2D eigenvalue weighted by Crippen LogP contribution is -2.27. The minimum atomic E-state index is -0.331. The second-order valence-electron chi connectivity index (χ2n) is 3.95. The second kappa shape index (κ2) is 5.90. The van der Waals surface area contributed by atoms with Crippen molar-refractivity contribution in [3.63, 3.8) is 0 Å². The Balaban J connectivity index is 2.12. The summed E-state index contributed by atoms with van der Waals surface area (Å²) in [6.07, 6.45) is 6.86. The first-order valence-corrected chi connectivity index (χ1v) is 5.71. The molecule has 0 bridgehead atoms. The van der Waals surface area contributed by atoms with E-state index in [9.17, 15) is 4.79 Å². The zero-order valence-electron chi connectivity index (χ0n) is 10.8. The minimum Gasteiger partial charge on any atom is -0.468 e. The van der Waals surface area contributed by atoms with E-state index in [0.717, 1.165) is 11.1 Å². The third-order valence-corrected chi connectivity index (χ3v) is 2.57. The quantitative estimate of drug-likeness (QED) is 0.766. The van der Waals surface area contributed by atoms with Crippen LogP contribution in [0.4, 0.5) is 5.95 Å². The molecule has 0 aliphatic carbocycles. The van der Waals surface area contributed by atoms with Crippen molar-refractivity contribution < 1.29 is 9.53 Å². The number of ether oxygens (including phenoxy) is 1. The highest BCUT2D eigenvalue weighted by atomic mass is 16.5. The molecule has 6 nitrogen and oxygen atoms in total. The lowest BCUT2D eigenvalue weighted by molar-refractivity contribution is -0.138. The highest BCUT2D eigenvalue weighted by Gasteiger charge is 2.09. The minimum absolute atomic E-state index is 0.114. The first kappa shape index (κ1) is 12.9. The largest absolute Gasteiger partial charge is 0.468 e. The van der Waals surface area contributed by atoms with Crippen LogP contribution in [0.1, 0.15) is 0 Å². The molecule has 0 atom stereocenters. The standard InChI is InChI=1S/C13H14N4O2/c1-17(9-12(18)19-2)13-15-7-11(8-16-13)10-4-3-5-14-6-10/h3-8H,9H2,1-2H3. The van der Waals surface area contributed by atoms with Crippen LogP contribution in [0.2, 0.25) is 0 Å². The molecule has 0 fully saturated rings. The van der Waals surface area contributed by atoms with Crippen molar-refractivity contribution in [1.82, 2.24) is 15.0 Å². The molecule has 0 spiro atoms. The van der Waals surface area contributed by atoms with Gasteiger partial charge in [0.25, 0.3) is 0 Å². The van der Waals surface area contributed by atoms with Crippen LogP contribution >= 0.6 is 0 Å². The summed E-state index contributed by atoms with van der Waals surface area (Å²) in [5.41, 5.74) is 1.83. The topological polar surface area (TPSA) is 68.2 Å². The second-order valence-corrected chi connectivity index (χ2v) is 3.95. The molecule has 0 saturated carbocycles. The van der Waals surface area contributed by atoms with Gasteiger partial charge in [-0.25, -0.2) is 9.97 Å². The van der Waals surface area contributed by atoms with E-state index in [1.807, 2.05) is 12.1 Å². The van der Waals surface area contributed by atoms with Gasteiger partial charge >= 0.3 is 5.97 Å². The van der Waals surface area contributed by atoms with Gasteiger partial charge in [-0.05, 0) is 6.07 Å². The van der Waals surface area contributed by atoms with E-state index in [0.29, 0.717) is 5.95 Å². The smallest absolute Gasteiger partial charge is 0.325 e. The number of pyridine rings is 1. The van der Waals surface area contributed by atoms with Crippen molar-refractivity contribution in [2.45, 2.75) is 0 Å². The van der Waals surface area contributed by atoms with E-state index in [1.165, 1.54) is 7.11 Å². The van der Waals surface area contributed by atoms with Crippen molar-refractivity contribution in [2.24, 2.45) is 0 Å². The number of likely N-dealkylation sites (N-methyl/N-ethyl adjacent to an activating group) is 1. The van der Waals surface area contributed by atoms with Gasteiger partial charge in [-0.3, -0.25) is 9.78 Å². The Kier molecular flexibility index (Phi) is 4.02. The van der Waals surface area contributed by atoms with Gasteiger partial charge in [0.15, 0.2) is 0 Å². The predicted octanol–water partition coefficient (Wildman–Crippen LogP) is 1.15. The highest BCUT2D eigenvalue weighted by Crippen LogP contribution is 2.16. The number of methoxy groups -OCH3 is 1. The van der Waals surface area contributed by atoms with Gasteiger partial charge in [-0.2, -0.15) is 0 Å². The first-order chi connectivity index (χ1) is 9.20. The summed E-state index contributed by atoms with van der Waals surface area (Å²) in [5, 5.41) is 0. The van der Waals surface area contributed by atoms with E-state index >= 15 is 0 Å². The van der Waals surface area contributed by atoms with E-state index in [-0.39, 0.29) is 12.5 Å². The van der Waals surface area contributed by atoms with Crippen LogP contribution in [0.3, 0.4) is 0 Å². The Labute approximate surface area is 111 Å². The molecule has 0 aromatic carbocycles. The normalized spacial score (nSPS) is 10.0. The summed E-state index contributed by atoms with van der Waals surface area (Å²) in [4.78, 5) is 25.3. The monoisotopic (exact) mass is 258 g/mol. The fraction of sp³-hybridized carbons (Fsp3) is 0.231. The Morgan fingerprint density at radius 1 is 1.26 bits per heavy atom. The summed E-state index contributed by atoms with van der Waals surface area (Å²) in [5.74, 6) is 0.139. The van der Waals surface area contributed by atoms with Gasteiger partial charge in [-0.1, -0.05) is 6.07 Å². The van der Waals surface area contributed by atoms with Gasteiger partial charge in [0.2, 0.25) is 5.95 Å². The number of hydrogen-bond donors (Lipinski definition) is 0. The molecule has 2 aromatic rings. The molecular formula is C13H14N4O2. The molecule has 0 radical (unpaired) electrons. The maximum atomic E-state index is 11.2. The van der Waals surface area contributed by atoms with Crippen molar-refractivity contribution in [1.29, 1.82) is 0 Å². The van der Waals surface area contributed by atoms with Gasteiger partial charge in [0.1, 0.15) is 6.54 Å². The molecule has 0 unspecified atom stereocenters. The van der Waals surface area contributed by atoms with E-state index in [4.69, 9.17) is 0 Å². The van der Waals surface area contributed by atoms with Crippen LogP contribution in [0.5, 0.6) is 0 Å². The number of carbonyl (C=O) groups excluding carboxylic acids is 1. The number of aromatic nitrogens is 3. The van der Waals surface area contributed by atoms with E-state index in [1.54, 1.807) is 36.7 Å². The molecule has 0 amide bonds. The average Bonchev–Trinajstić information content (AvgIpc) is 2.48. The number of rotatable bonds is 4. The zero-order chi connectivity index (χ0) is 13.7. The van der Waals surface area contributed by atoms with Crippen molar-refractivity contribution >= 4 is 11.9 Å². The Bertz CT molecular complexity index is 542. The van der Waals surface area contributed by atoms with Crippen LogP contribution in [0, 0.1) is 0 Å². The Morgan fingerprint density at radius 3 is 2.58 bits per heavy atom. The van der Waals surface area contributed by atoms with Crippen LogP contribution in [0.25, 0.3) is 11.1 Å². The molecule has 2 aromatic heterocycles. The SMILES string of the molecule is COC(=O)CN(C)c1ncc(-c2cccnc2)cn1. The maximum absolute atomic E-state index is 11.2. The highest BCUT2D eigenvalue weighted by molar-refractivity contribution is 5.74. The number of carbonyl (C=O) groups is 1. The van der Waals surface area contributed by atoms with E-state index in [2.05, 4.69) is 19.7 Å². The van der Waals surface area contributed by atoms with Gasteiger partial charge in [0, 0.05) is 43.0 Å². The summed E-state index contributed by atoms with van der Waals surface area (Å²) >= 11 is 0. The van der Waals surface area contributed by atoms with Crippen molar-refractivity contribution in [3.05, 3.63) is 36.9 Å². The van der Waals surface area contributed by atoms with Crippen LogP contribution in [-0.4, -0.2) is 41.6 Å². The zero-order valence-corrected chi connectivity index (χ0v) is 10.8. The Hall–Kier alpha value is -2.50. The molecule has 2 heterocycles. The van der Waals surface area contributed by atoms with Crippen molar-refractivity contribution in [3.8, 4) is 11.1 Å². The fourth-order valence-electron chi connectivity index (χ4n) is 1.53. The number of anilines is 1. The van der Waals surface area contributed by atoms with Crippen LogP contribution in [-0.2, 0) is 9.53 Å². The summed E-state index contributed by atoms with van der Waals surface area (Å²) < 4.78 is 4.59. The molecule has 19 heavy (non-hydrogen) atoms. The number of nitrogens with zero attached hydrogens (tertiary/aromatic N) is 4. The van der Waals surface area contributed by atoms with Crippen LogP contribution in [0.15, 0.2) is 36.9 Å². The van der Waals surface area contributed by atoms with E-state index < -0.39 is 0 Å². The molecule has 0 N–H and O–H groups in total. The first-order valence-electron chi connectivity index (χ1n) is 5.71. The predicted molar refractivity (Wildman–Crippen MR) is 70.5 cm³/mol. The molecule has 0 saturated heterocycles. The molecule has 0 aliphatic heterocycles. The maximum Gasteiger partial charge on any atom is 0.325 e. The Morgan fingerprint density at radius 2 is 2.00 bits per heavy atom. The molecule has 98 valence electrons. The lowest BCUT2D eigenvalue weighted by Gasteiger charge is -2.15. The van der Waals surface area contributed by atoms with Gasteiger partial charge in [-0.15, -0.1) is 0 Å². The fourth-order valence-corrected chi connectivity index (χ4v) is 1.53. The van der Waals surface area contributed by atoms with Gasteiger partial charge in [0.05, 0.1) is 7.11 Å². The number of esters is 1. The van der Waals surface area contributed by atoms with Gasteiger partial charge < -0.3 is 9.64 Å². The summed E-state index contributed by atoms with van der Waals surface area (Å²) in [6.45, 7) is 0.114. The third-order valence-electron chi connectivity index (χ3n) is 2.57. The summed E-state index contributed by atoms with van der Waals surface area (Å²) in [7, 11) is 3.08. The molecule has 2 rings (SSSR count). The third kappa shape index (κ3) is 3.25. The average molecular weight is 258 g/mol. The molecule has 6 heteroatoms.